The van der Waals surface area contributed by atoms with Crippen molar-refractivity contribution >= 4 is 17.2 Å². The zero-order valence-electron chi connectivity index (χ0n) is 15.1. The van der Waals surface area contributed by atoms with Gasteiger partial charge in [0, 0.05) is 37.5 Å². The van der Waals surface area contributed by atoms with Gasteiger partial charge in [0.25, 0.3) is 5.91 Å². The smallest absolute Gasteiger partial charge is 0.263 e. The molecule has 1 aromatic carbocycles. The second-order valence-electron chi connectivity index (χ2n) is 7.11. The van der Waals surface area contributed by atoms with Crippen molar-refractivity contribution in [1.29, 1.82) is 0 Å². The number of carbonyl (C=O) groups is 1. The Bertz CT molecular complexity index is 737. The van der Waals surface area contributed by atoms with Crippen LogP contribution in [0, 0.1) is 0 Å². The molecule has 2 aromatic rings. The number of para-hydroxylation sites is 1. The van der Waals surface area contributed by atoms with Crippen molar-refractivity contribution in [3.8, 4) is 5.75 Å². The summed E-state index contributed by atoms with van der Waals surface area (Å²) in [5.74, 6) is 1.53. The average Bonchev–Trinajstić information content (AvgIpc) is 3.42. The molecule has 4 rings (SSSR count). The van der Waals surface area contributed by atoms with Gasteiger partial charge in [-0.25, -0.2) is 4.98 Å². The third-order valence-corrected chi connectivity index (χ3v) is 5.86. The summed E-state index contributed by atoms with van der Waals surface area (Å²) in [4.78, 5) is 21.7. The molecule has 0 spiro atoms. The van der Waals surface area contributed by atoms with Crippen molar-refractivity contribution in [2.75, 3.05) is 26.2 Å². The lowest BCUT2D eigenvalue weighted by atomic mass is 10.2. The first-order valence-corrected chi connectivity index (χ1v) is 10.2. The number of benzene rings is 1. The summed E-state index contributed by atoms with van der Waals surface area (Å²) in [6.45, 7) is 6.01. The average molecular weight is 372 g/mol. The van der Waals surface area contributed by atoms with E-state index in [1.54, 1.807) is 11.3 Å². The lowest BCUT2D eigenvalue weighted by Crippen LogP contribution is -2.51. The van der Waals surface area contributed by atoms with Gasteiger partial charge in [-0.1, -0.05) is 18.2 Å². The summed E-state index contributed by atoms with van der Waals surface area (Å²) in [5.41, 5.74) is 1.28. The van der Waals surface area contributed by atoms with Crippen molar-refractivity contribution in [3.05, 3.63) is 46.4 Å². The Morgan fingerprint density at radius 2 is 1.96 bits per heavy atom. The molecule has 1 saturated heterocycles. The fraction of sp³-hybridized carbons (Fsp3) is 0.500. The maximum Gasteiger partial charge on any atom is 0.263 e. The Morgan fingerprint density at radius 3 is 2.65 bits per heavy atom. The molecule has 1 unspecified atom stereocenters. The quantitative estimate of drug-likeness (QED) is 0.783. The van der Waals surface area contributed by atoms with Crippen LogP contribution in [0.2, 0.25) is 0 Å². The van der Waals surface area contributed by atoms with E-state index in [4.69, 9.17) is 9.72 Å². The minimum Gasteiger partial charge on any atom is -0.481 e. The van der Waals surface area contributed by atoms with Gasteiger partial charge >= 0.3 is 0 Å². The number of piperazine rings is 1. The molecule has 2 aliphatic rings. The Labute approximate surface area is 158 Å². The number of aromatic nitrogens is 1. The summed E-state index contributed by atoms with van der Waals surface area (Å²) < 4.78 is 5.77. The van der Waals surface area contributed by atoms with Crippen LogP contribution in [-0.2, 0) is 11.3 Å². The van der Waals surface area contributed by atoms with Gasteiger partial charge < -0.3 is 9.64 Å². The largest absolute Gasteiger partial charge is 0.481 e. The molecule has 0 N–H and O–H groups in total. The molecule has 5 nitrogen and oxygen atoms in total. The molecule has 1 aliphatic heterocycles. The monoisotopic (exact) mass is 371 g/mol. The SMILES string of the molecule is CC(Oc1ccccc1)C(=O)N1CCN(Cc2nc(C3CC3)cs2)CC1. The van der Waals surface area contributed by atoms with E-state index in [9.17, 15) is 4.79 Å². The first-order chi connectivity index (χ1) is 12.7. The summed E-state index contributed by atoms with van der Waals surface area (Å²) in [6, 6.07) is 9.53. The first kappa shape index (κ1) is 17.5. The fourth-order valence-corrected chi connectivity index (χ4v) is 4.21. The van der Waals surface area contributed by atoms with Gasteiger partial charge in [0.15, 0.2) is 6.10 Å². The highest BCUT2D eigenvalue weighted by Gasteiger charge is 2.28. The standard InChI is InChI=1S/C20H25N3O2S/c1-15(25-17-5-3-2-4-6-17)20(24)23-11-9-22(10-12-23)13-19-21-18(14-26-19)16-7-8-16/h2-6,14-16H,7-13H2,1H3. The van der Waals surface area contributed by atoms with Crippen LogP contribution in [-0.4, -0.2) is 53.0 Å². The Morgan fingerprint density at radius 1 is 1.23 bits per heavy atom. The topological polar surface area (TPSA) is 45.7 Å². The number of ether oxygens (including phenoxy) is 1. The van der Waals surface area contributed by atoms with E-state index in [2.05, 4.69) is 10.3 Å². The number of thiazole rings is 1. The number of nitrogens with zero attached hydrogens (tertiary/aromatic N) is 3. The van der Waals surface area contributed by atoms with Crippen LogP contribution in [0.3, 0.4) is 0 Å². The number of carbonyl (C=O) groups excluding carboxylic acids is 1. The maximum absolute atomic E-state index is 12.6. The van der Waals surface area contributed by atoms with Gasteiger partial charge in [-0.15, -0.1) is 11.3 Å². The van der Waals surface area contributed by atoms with Crippen LogP contribution in [0.4, 0.5) is 0 Å². The molecule has 6 heteroatoms. The number of hydrogen-bond acceptors (Lipinski definition) is 5. The van der Waals surface area contributed by atoms with Crippen molar-refractivity contribution in [2.45, 2.75) is 38.3 Å². The number of hydrogen-bond donors (Lipinski definition) is 0. The number of amides is 1. The normalized spacial score (nSPS) is 19.3. The molecular formula is C20H25N3O2S. The zero-order valence-corrected chi connectivity index (χ0v) is 16.0. The summed E-state index contributed by atoms with van der Waals surface area (Å²) in [6.07, 6.45) is 2.14. The van der Waals surface area contributed by atoms with Crippen molar-refractivity contribution < 1.29 is 9.53 Å². The molecule has 26 heavy (non-hydrogen) atoms. The van der Waals surface area contributed by atoms with E-state index in [-0.39, 0.29) is 5.91 Å². The van der Waals surface area contributed by atoms with Crippen molar-refractivity contribution in [1.82, 2.24) is 14.8 Å². The molecule has 1 amide bonds. The van der Waals surface area contributed by atoms with E-state index < -0.39 is 6.10 Å². The summed E-state index contributed by atoms with van der Waals surface area (Å²) in [7, 11) is 0. The van der Waals surface area contributed by atoms with Gasteiger partial charge in [-0.2, -0.15) is 0 Å². The molecule has 1 aromatic heterocycles. The van der Waals surface area contributed by atoms with E-state index in [0.29, 0.717) is 0 Å². The minimum absolute atomic E-state index is 0.0683. The Kier molecular flexibility index (Phi) is 5.22. The number of rotatable bonds is 6. The predicted molar refractivity (Wildman–Crippen MR) is 102 cm³/mol. The molecule has 0 radical (unpaired) electrons. The Hall–Kier alpha value is -1.92. The molecule has 138 valence electrons. The van der Waals surface area contributed by atoms with Crippen LogP contribution < -0.4 is 4.74 Å². The highest BCUT2D eigenvalue weighted by atomic mass is 32.1. The zero-order chi connectivity index (χ0) is 17.9. The predicted octanol–water partition coefficient (Wildman–Crippen LogP) is 3.13. The summed E-state index contributed by atoms with van der Waals surface area (Å²) >= 11 is 1.77. The minimum atomic E-state index is -0.455. The second-order valence-corrected chi connectivity index (χ2v) is 8.06. The molecule has 1 atom stereocenters. The second kappa shape index (κ2) is 7.76. The van der Waals surface area contributed by atoms with Gasteiger partial charge in [-0.05, 0) is 31.9 Å². The highest BCUT2D eigenvalue weighted by molar-refractivity contribution is 7.09. The summed E-state index contributed by atoms with van der Waals surface area (Å²) in [5, 5.41) is 3.42. The van der Waals surface area contributed by atoms with Crippen LogP contribution >= 0.6 is 11.3 Å². The van der Waals surface area contributed by atoms with Crippen molar-refractivity contribution in [3.63, 3.8) is 0 Å². The van der Waals surface area contributed by atoms with Gasteiger partial charge in [0.1, 0.15) is 10.8 Å². The van der Waals surface area contributed by atoms with Gasteiger partial charge in [-0.3, -0.25) is 9.69 Å². The van der Waals surface area contributed by atoms with Gasteiger partial charge in [0.05, 0.1) is 12.2 Å². The van der Waals surface area contributed by atoms with Crippen molar-refractivity contribution in [2.24, 2.45) is 0 Å². The van der Waals surface area contributed by atoms with Crippen LogP contribution in [0.5, 0.6) is 5.75 Å². The van der Waals surface area contributed by atoms with Gasteiger partial charge in [0.2, 0.25) is 0 Å². The van der Waals surface area contributed by atoms with E-state index in [1.165, 1.54) is 23.5 Å². The first-order valence-electron chi connectivity index (χ1n) is 9.36. The van der Waals surface area contributed by atoms with E-state index >= 15 is 0 Å². The van der Waals surface area contributed by atoms with Crippen LogP contribution in [0.25, 0.3) is 0 Å². The third-order valence-electron chi connectivity index (χ3n) is 5.01. The molecule has 0 bridgehead atoms. The molecule has 1 aliphatic carbocycles. The molecule has 2 heterocycles. The third kappa shape index (κ3) is 4.24. The van der Waals surface area contributed by atoms with Crippen LogP contribution in [0.1, 0.15) is 36.4 Å². The molecule has 2 fully saturated rings. The Balaban J connectivity index is 1.25. The lowest BCUT2D eigenvalue weighted by Gasteiger charge is -2.35. The fourth-order valence-electron chi connectivity index (χ4n) is 3.29. The molecule has 1 saturated carbocycles. The van der Waals surface area contributed by atoms with Crippen LogP contribution in [0.15, 0.2) is 35.7 Å². The maximum atomic E-state index is 12.6. The van der Waals surface area contributed by atoms with E-state index in [0.717, 1.165) is 44.4 Å². The molecular weight excluding hydrogens is 346 g/mol. The highest BCUT2D eigenvalue weighted by Crippen LogP contribution is 2.40. The van der Waals surface area contributed by atoms with E-state index in [1.807, 2.05) is 42.2 Å². The lowest BCUT2D eigenvalue weighted by molar-refractivity contribution is -0.139.